The molecule has 0 N–H and O–H groups in total. The predicted octanol–water partition coefficient (Wildman–Crippen LogP) is 2.74. The molecule has 1 heterocycles. The van der Waals surface area contributed by atoms with Crippen LogP contribution >= 0.6 is 0 Å². The van der Waals surface area contributed by atoms with Crippen LogP contribution in [0.2, 0.25) is 0 Å². The van der Waals surface area contributed by atoms with Gasteiger partial charge in [0.05, 0.1) is 17.7 Å². The molecule has 0 aliphatic heterocycles. The molecule has 19 heavy (non-hydrogen) atoms. The molecule has 0 bridgehead atoms. The van der Waals surface area contributed by atoms with Crippen LogP contribution in [-0.2, 0) is 11.0 Å². The first-order chi connectivity index (χ1) is 9.04. The molecule has 2 aromatic rings. The number of hydrogen-bond acceptors (Lipinski definition) is 3. The molecule has 1 atom stereocenters. The Balaban J connectivity index is 2.54. The summed E-state index contributed by atoms with van der Waals surface area (Å²) in [6, 6.07) is 6.37. The molecule has 0 spiro atoms. The monoisotopic (exact) mass is 265 g/mol. The highest BCUT2D eigenvalue weighted by Gasteiger charge is 2.35. The van der Waals surface area contributed by atoms with Gasteiger partial charge in [-0.15, -0.1) is 0 Å². The minimum atomic E-state index is -4.52. The second-order valence-electron chi connectivity index (χ2n) is 3.81. The average molecular weight is 265 g/mol. The first-order valence-corrected chi connectivity index (χ1v) is 5.34. The van der Waals surface area contributed by atoms with E-state index in [0.717, 1.165) is 6.07 Å². The molecule has 0 saturated carbocycles. The average Bonchev–Trinajstić information content (AvgIpc) is 2.40. The van der Waals surface area contributed by atoms with Crippen LogP contribution < -0.4 is 0 Å². The Morgan fingerprint density at radius 3 is 2.42 bits per heavy atom. The summed E-state index contributed by atoms with van der Waals surface area (Å²) in [4.78, 5) is 11.0. The maximum absolute atomic E-state index is 12.9. The van der Waals surface area contributed by atoms with Gasteiger partial charge in [-0.3, -0.25) is 4.79 Å². The predicted molar refractivity (Wildman–Crippen MR) is 61.0 cm³/mol. The quantitative estimate of drug-likeness (QED) is 0.857. The van der Waals surface area contributed by atoms with Crippen molar-refractivity contribution in [2.24, 2.45) is 0 Å². The minimum absolute atomic E-state index is 0.141. The van der Waals surface area contributed by atoms with E-state index in [1.54, 1.807) is 6.29 Å². The van der Waals surface area contributed by atoms with Gasteiger partial charge in [0.2, 0.25) is 6.29 Å². The molecule has 0 saturated heterocycles. The summed E-state index contributed by atoms with van der Waals surface area (Å²) in [5, 5.41) is 7.09. The van der Waals surface area contributed by atoms with Gasteiger partial charge < -0.3 is 0 Å². The number of rotatable bonds is 3. The molecule has 3 nitrogen and oxygen atoms in total. The van der Waals surface area contributed by atoms with E-state index >= 15 is 0 Å². The summed E-state index contributed by atoms with van der Waals surface area (Å²) in [6.45, 7) is 0. The van der Waals surface area contributed by atoms with E-state index < -0.39 is 17.7 Å². The zero-order chi connectivity index (χ0) is 13.9. The largest absolute Gasteiger partial charge is 0.416 e. The second-order valence-corrected chi connectivity index (χ2v) is 3.81. The van der Waals surface area contributed by atoms with Gasteiger partial charge in [0, 0.05) is 6.20 Å². The third-order valence-corrected chi connectivity index (χ3v) is 2.64. The van der Waals surface area contributed by atoms with E-state index in [1.807, 2.05) is 0 Å². The van der Waals surface area contributed by atoms with Crippen molar-refractivity contribution in [3.05, 3.63) is 59.4 Å². The van der Waals surface area contributed by atoms with Crippen LogP contribution in [0.15, 0.2) is 42.7 Å². The Hall–Kier alpha value is -2.24. The molecule has 0 unspecified atom stereocenters. The van der Waals surface area contributed by atoms with E-state index in [-0.39, 0.29) is 5.56 Å². The number of hydrogen-bond donors (Lipinski definition) is 0. The second kappa shape index (κ2) is 5.17. The van der Waals surface area contributed by atoms with Crippen molar-refractivity contribution in [2.45, 2.75) is 12.1 Å². The van der Waals surface area contributed by atoms with E-state index in [1.165, 1.54) is 36.7 Å². The normalized spacial score (nSPS) is 13.0. The number of halogens is 3. The molecular formula is C13H8F3N2O. The molecule has 1 aromatic carbocycles. The molecule has 0 aliphatic carbocycles. The minimum Gasteiger partial charge on any atom is -0.290 e. The van der Waals surface area contributed by atoms with Gasteiger partial charge in [-0.2, -0.15) is 23.4 Å². The van der Waals surface area contributed by atoms with Crippen molar-refractivity contribution in [2.75, 3.05) is 0 Å². The molecule has 6 heteroatoms. The summed E-state index contributed by atoms with van der Waals surface area (Å²) in [6.07, 6.45) is -0.324. The number of nitrogens with zero attached hydrogens (tertiary/aromatic N) is 2. The van der Waals surface area contributed by atoms with Crippen LogP contribution in [0.5, 0.6) is 0 Å². The highest BCUT2D eigenvalue weighted by molar-refractivity contribution is 5.69. The van der Waals surface area contributed by atoms with Crippen LogP contribution in [0.1, 0.15) is 22.6 Å². The standard InChI is InChI=1S/C13H8F3N2O/c14-13(15,16)12-4-2-1-3-10(12)11(8-19)9-5-6-17-18-7-9/h1-7,11H/t11-/m0/s1. The van der Waals surface area contributed by atoms with E-state index in [0.29, 0.717) is 5.56 Å². The van der Waals surface area contributed by atoms with Crippen molar-refractivity contribution in [1.82, 2.24) is 10.2 Å². The van der Waals surface area contributed by atoms with Crippen LogP contribution in [0.25, 0.3) is 0 Å². The molecule has 1 aromatic heterocycles. The molecule has 0 aliphatic rings. The smallest absolute Gasteiger partial charge is 0.290 e. The highest BCUT2D eigenvalue weighted by atomic mass is 19.4. The van der Waals surface area contributed by atoms with Crippen molar-refractivity contribution in [1.29, 1.82) is 0 Å². The number of benzene rings is 1. The highest BCUT2D eigenvalue weighted by Crippen LogP contribution is 2.36. The van der Waals surface area contributed by atoms with Crippen LogP contribution in [0, 0.1) is 0 Å². The van der Waals surface area contributed by atoms with Gasteiger partial charge in [0.1, 0.15) is 0 Å². The Morgan fingerprint density at radius 2 is 1.84 bits per heavy atom. The first-order valence-electron chi connectivity index (χ1n) is 5.34. The SMILES string of the molecule is O=[C][C@@H](c1ccnnc1)c1ccccc1C(F)(F)F. The molecule has 2 rings (SSSR count). The van der Waals surface area contributed by atoms with Crippen molar-refractivity contribution in [3.8, 4) is 0 Å². The fourth-order valence-corrected chi connectivity index (χ4v) is 1.79. The molecule has 0 amide bonds. The summed E-state index contributed by atoms with van der Waals surface area (Å²) in [5.41, 5.74) is -0.667. The van der Waals surface area contributed by atoms with Crippen molar-refractivity contribution >= 4 is 6.29 Å². The zero-order valence-electron chi connectivity index (χ0n) is 9.56. The summed E-state index contributed by atoms with van der Waals surface area (Å²) in [7, 11) is 0. The summed E-state index contributed by atoms with van der Waals surface area (Å²) >= 11 is 0. The van der Waals surface area contributed by atoms with E-state index in [4.69, 9.17) is 0 Å². The van der Waals surface area contributed by atoms with Gasteiger partial charge in [-0.05, 0) is 23.3 Å². The van der Waals surface area contributed by atoms with Crippen molar-refractivity contribution in [3.63, 3.8) is 0 Å². The Kier molecular flexibility index (Phi) is 3.59. The molecule has 0 fully saturated rings. The molecule has 1 radical (unpaired) electrons. The van der Waals surface area contributed by atoms with Gasteiger partial charge >= 0.3 is 6.18 Å². The Bertz CT molecular complexity index is 570. The lowest BCUT2D eigenvalue weighted by atomic mass is 9.90. The van der Waals surface area contributed by atoms with Gasteiger partial charge in [0.25, 0.3) is 0 Å². The van der Waals surface area contributed by atoms with Gasteiger partial charge in [0.15, 0.2) is 0 Å². The summed E-state index contributed by atoms with van der Waals surface area (Å²) < 4.78 is 38.7. The fraction of sp³-hybridized carbons (Fsp3) is 0.154. The van der Waals surface area contributed by atoms with Crippen molar-refractivity contribution < 1.29 is 18.0 Å². The lowest BCUT2D eigenvalue weighted by molar-refractivity contribution is -0.138. The molecular weight excluding hydrogens is 257 g/mol. The van der Waals surface area contributed by atoms with Gasteiger partial charge in [-0.1, -0.05) is 18.2 Å². The zero-order valence-corrected chi connectivity index (χ0v) is 9.56. The third kappa shape index (κ3) is 2.78. The molecule has 97 valence electrons. The van der Waals surface area contributed by atoms with Crippen LogP contribution in [-0.4, -0.2) is 16.5 Å². The number of alkyl halides is 3. The lowest BCUT2D eigenvalue weighted by Crippen LogP contribution is -2.13. The first kappa shape index (κ1) is 13.2. The number of aromatic nitrogens is 2. The van der Waals surface area contributed by atoms with E-state index in [9.17, 15) is 18.0 Å². The maximum atomic E-state index is 12.9. The maximum Gasteiger partial charge on any atom is 0.416 e. The van der Waals surface area contributed by atoms with E-state index in [2.05, 4.69) is 10.2 Å². The Labute approximate surface area is 107 Å². The Morgan fingerprint density at radius 1 is 1.11 bits per heavy atom. The fourth-order valence-electron chi connectivity index (χ4n) is 1.79. The lowest BCUT2D eigenvalue weighted by Gasteiger charge is -2.16. The van der Waals surface area contributed by atoms with Gasteiger partial charge in [-0.25, -0.2) is 0 Å². The topological polar surface area (TPSA) is 42.9 Å². The van der Waals surface area contributed by atoms with Crippen LogP contribution in [0.4, 0.5) is 13.2 Å². The number of carbonyl (C=O) groups excluding carboxylic acids is 1. The summed E-state index contributed by atoms with van der Waals surface area (Å²) in [5.74, 6) is -1.13. The third-order valence-electron chi connectivity index (χ3n) is 2.64. The van der Waals surface area contributed by atoms with Crippen LogP contribution in [0.3, 0.4) is 0 Å².